The summed E-state index contributed by atoms with van der Waals surface area (Å²) in [7, 11) is 0. The molecular formula is C14H17ClFNO2. The molecule has 1 aliphatic carbocycles. The molecule has 0 aliphatic heterocycles. The number of carboxylic acids is 1. The molecule has 1 fully saturated rings. The van der Waals surface area contributed by atoms with Crippen molar-refractivity contribution in [1.82, 2.24) is 5.32 Å². The fourth-order valence-corrected chi connectivity index (χ4v) is 2.68. The SMILES string of the molecule is O=C(O)C1CCCC(NCc2ccc(Cl)cc2F)C1. The molecule has 0 saturated heterocycles. The van der Waals surface area contributed by atoms with Crippen molar-refractivity contribution < 1.29 is 14.3 Å². The monoisotopic (exact) mass is 285 g/mol. The van der Waals surface area contributed by atoms with Gasteiger partial charge < -0.3 is 10.4 Å². The van der Waals surface area contributed by atoms with E-state index >= 15 is 0 Å². The first kappa shape index (κ1) is 14.3. The van der Waals surface area contributed by atoms with Gasteiger partial charge in [0.1, 0.15) is 5.82 Å². The number of nitrogens with one attached hydrogen (secondary N) is 1. The van der Waals surface area contributed by atoms with Gasteiger partial charge in [-0.3, -0.25) is 4.79 Å². The summed E-state index contributed by atoms with van der Waals surface area (Å²) in [4.78, 5) is 11.0. The number of hydrogen-bond donors (Lipinski definition) is 2. The van der Waals surface area contributed by atoms with Crippen LogP contribution < -0.4 is 5.32 Å². The average molecular weight is 286 g/mol. The van der Waals surface area contributed by atoms with Crippen molar-refractivity contribution in [3.63, 3.8) is 0 Å². The second-order valence-corrected chi connectivity index (χ2v) is 5.45. The highest BCUT2D eigenvalue weighted by Gasteiger charge is 2.26. The minimum absolute atomic E-state index is 0.143. The third-order valence-electron chi connectivity index (χ3n) is 3.62. The molecule has 0 heterocycles. The molecule has 0 aromatic heterocycles. The molecule has 1 aromatic rings. The summed E-state index contributed by atoms with van der Waals surface area (Å²) in [5.41, 5.74) is 0.557. The number of aliphatic carboxylic acids is 1. The molecule has 1 aliphatic rings. The van der Waals surface area contributed by atoms with Crippen molar-refractivity contribution in [2.45, 2.75) is 38.3 Å². The van der Waals surface area contributed by atoms with Crippen molar-refractivity contribution in [2.75, 3.05) is 0 Å². The normalized spacial score (nSPS) is 23.3. The van der Waals surface area contributed by atoms with Crippen molar-refractivity contribution in [2.24, 2.45) is 5.92 Å². The standard InChI is InChI=1S/C14H17ClFNO2/c15-11-5-4-10(13(16)7-11)8-17-12-3-1-2-9(6-12)14(18)19/h4-5,7,9,12,17H,1-3,6,8H2,(H,18,19). The fourth-order valence-electron chi connectivity index (χ4n) is 2.52. The van der Waals surface area contributed by atoms with Crippen LogP contribution in [0.5, 0.6) is 0 Å². The van der Waals surface area contributed by atoms with E-state index in [2.05, 4.69) is 5.32 Å². The average Bonchev–Trinajstić information content (AvgIpc) is 2.38. The molecule has 3 nitrogen and oxygen atoms in total. The van der Waals surface area contributed by atoms with Crippen LogP contribution in [0.25, 0.3) is 0 Å². The van der Waals surface area contributed by atoms with Gasteiger partial charge in [0.15, 0.2) is 0 Å². The van der Waals surface area contributed by atoms with E-state index in [9.17, 15) is 9.18 Å². The number of benzene rings is 1. The maximum Gasteiger partial charge on any atom is 0.306 e. The van der Waals surface area contributed by atoms with Gasteiger partial charge in [0.05, 0.1) is 5.92 Å². The van der Waals surface area contributed by atoms with Gasteiger partial charge in [-0.15, -0.1) is 0 Å². The Hall–Kier alpha value is -1.13. The lowest BCUT2D eigenvalue weighted by atomic mass is 9.86. The first-order chi connectivity index (χ1) is 9.06. The van der Waals surface area contributed by atoms with Crippen molar-refractivity contribution in [3.8, 4) is 0 Å². The Labute approximate surface area is 116 Å². The second kappa shape index (κ2) is 6.35. The molecule has 104 valence electrons. The van der Waals surface area contributed by atoms with Gasteiger partial charge in [-0.2, -0.15) is 0 Å². The van der Waals surface area contributed by atoms with Gasteiger partial charge in [0, 0.05) is 23.2 Å². The summed E-state index contributed by atoms with van der Waals surface area (Å²) in [6.45, 7) is 0.403. The van der Waals surface area contributed by atoms with Crippen LogP contribution in [0.1, 0.15) is 31.2 Å². The van der Waals surface area contributed by atoms with Crippen LogP contribution >= 0.6 is 11.6 Å². The third-order valence-corrected chi connectivity index (χ3v) is 3.85. The molecule has 0 spiro atoms. The van der Waals surface area contributed by atoms with Gasteiger partial charge in [-0.05, 0) is 31.4 Å². The van der Waals surface area contributed by atoms with Crippen LogP contribution in [0.15, 0.2) is 18.2 Å². The summed E-state index contributed by atoms with van der Waals surface area (Å²) < 4.78 is 13.6. The third kappa shape index (κ3) is 3.91. The van der Waals surface area contributed by atoms with E-state index < -0.39 is 5.97 Å². The van der Waals surface area contributed by atoms with Crippen LogP contribution in [0.4, 0.5) is 4.39 Å². The van der Waals surface area contributed by atoms with E-state index in [1.165, 1.54) is 6.07 Å². The first-order valence-corrected chi connectivity index (χ1v) is 6.84. The molecule has 0 radical (unpaired) electrons. The van der Waals surface area contributed by atoms with Crippen LogP contribution in [0.3, 0.4) is 0 Å². The lowest BCUT2D eigenvalue weighted by Gasteiger charge is -2.27. The summed E-state index contributed by atoms with van der Waals surface area (Å²) in [5, 5.41) is 12.6. The van der Waals surface area contributed by atoms with E-state index in [4.69, 9.17) is 16.7 Å². The summed E-state index contributed by atoms with van der Waals surface area (Å²) in [6, 6.07) is 4.74. The zero-order valence-electron chi connectivity index (χ0n) is 10.5. The maximum absolute atomic E-state index is 13.6. The highest BCUT2D eigenvalue weighted by Crippen LogP contribution is 2.25. The minimum atomic E-state index is -0.732. The van der Waals surface area contributed by atoms with Crippen molar-refractivity contribution in [3.05, 3.63) is 34.6 Å². The van der Waals surface area contributed by atoms with E-state index in [1.807, 2.05) is 0 Å². The van der Waals surface area contributed by atoms with E-state index in [0.29, 0.717) is 23.6 Å². The van der Waals surface area contributed by atoms with Crippen LogP contribution in [-0.2, 0) is 11.3 Å². The van der Waals surface area contributed by atoms with Crippen LogP contribution in [0.2, 0.25) is 5.02 Å². The zero-order valence-corrected chi connectivity index (χ0v) is 11.3. The molecule has 2 unspecified atom stereocenters. The topological polar surface area (TPSA) is 49.3 Å². The minimum Gasteiger partial charge on any atom is -0.481 e. The molecule has 1 aromatic carbocycles. The molecule has 2 atom stereocenters. The summed E-state index contributed by atoms with van der Waals surface area (Å²) >= 11 is 5.69. The van der Waals surface area contributed by atoms with Crippen LogP contribution in [-0.4, -0.2) is 17.1 Å². The molecule has 19 heavy (non-hydrogen) atoms. The Morgan fingerprint density at radius 3 is 2.95 bits per heavy atom. The molecular weight excluding hydrogens is 269 g/mol. The molecule has 0 bridgehead atoms. The molecule has 5 heteroatoms. The number of carboxylic acid groups (broad SMARTS) is 1. The molecule has 2 rings (SSSR count). The maximum atomic E-state index is 13.6. The zero-order chi connectivity index (χ0) is 13.8. The van der Waals surface area contributed by atoms with Crippen molar-refractivity contribution in [1.29, 1.82) is 0 Å². The molecule has 1 saturated carbocycles. The van der Waals surface area contributed by atoms with Crippen molar-refractivity contribution >= 4 is 17.6 Å². The highest BCUT2D eigenvalue weighted by atomic mass is 35.5. The lowest BCUT2D eigenvalue weighted by Crippen LogP contribution is -2.36. The van der Waals surface area contributed by atoms with Gasteiger partial charge >= 0.3 is 5.97 Å². The summed E-state index contributed by atoms with van der Waals surface area (Å²) in [5.74, 6) is -1.34. The number of rotatable bonds is 4. The van der Waals surface area contributed by atoms with Crippen LogP contribution in [0, 0.1) is 11.7 Å². The van der Waals surface area contributed by atoms with E-state index in [0.717, 1.165) is 19.3 Å². The Balaban J connectivity index is 1.89. The summed E-state index contributed by atoms with van der Waals surface area (Å²) in [6.07, 6.45) is 3.20. The number of halogens is 2. The van der Waals surface area contributed by atoms with Gasteiger partial charge in [-0.25, -0.2) is 4.39 Å². The quantitative estimate of drug-likeness (QED) is 0.893. The Kier molecular flexibility index (Phi) is 4.77. The highest BCUT2D eigenvalue weighted by molar-refractivity contribution is 6.30. The molecule has 2 N–H and O–H groups in total. The van der Waals surface area contributed by atoms with Gasteiger partial charge in [0.2, 0.25) is 0 Å². The van der Waals surface area contributed by atoms with E-state index in [1.54, 1.807) is 12.1 Å². The number of hydrogen-bond acceptors (Lipinski definition) is 2. The Bertz CT molecular complexity index is 467. The predicted molar refractivity (Wildman–Crippen MR) is 71.6 cm³/mol. The largest absolute Gasteiger partial charge is 0.481 e. The lowest BCUT2D eigenvalue weighted by molar-refractivity contribution is -0.143. The Morgan fingerprint density at radius 2 is 2.26 bits per heavy atom. The fraction of sp³-hybridized carbons (Fsp3) is 0.500. The number of carbonyl (C=O) groups is 1. The van der Waals surface area contributed by atoms with E-state index in [-0.39, 0.29) is 17.8 Å². The predicted octanol–water partition coefficient (Wildman–Crippen LogP) is 3.21. The first-order valence-electron chi connectivity index (χ1n) is 6.46. The molecule has 0 amide bonds. The van der Waals surface area contributed by atoms with Gasteiger partial charge in [-0.1, -0.05) is 24.1 Å². The Morgan fingerprint density at radius 1 is 1.47 bits per heavy atom. The second-order valence-electron chi connectivity index (χ2n) is 5.02. The van der Waals surface area contributed by atoms with Gasteiger partial charge in [0.25, 0.3) is 0 Å². The smallest absolute Gasteiger partial charge is 0.306 e.